The molecule has 1 amide bonds. The molecular formula is C11H17N3O. The molecule has 0 spiro atoms. The van der Waals surface area contributed by atoms with Crippen LogP contribution in [0.1, 0.15) is 17.8 Å². The van der Waals surface area contributed by atoms with E-state index in [1.165, 1.54) is 0 Å². The Bertz CT molecular complexity index is 350. The lowest BCUT2D eigenvalue weighted by atomic mass is 10.2. The highest BCUT2D eigenvalue weighted by atomic mass is 16.1. The smallest absolute Gasteiger partial charge is 0.225 e. The fourth-order valence-electron chi connectivity index (χ4n) is 1.27. The number of hydrogen-bond acceptors (Lipinski definition) is 3. The summed E-state index contributed by atoms with van der Waals surface area (Å²) in [6.07, 6.45) is 0.476. The molecule has 4 heteroatoms. The molecule has 0 atom stereocenters. The van der Waals surface area contributed by atoms with Gasteiger partial charge in [0, 0.05) is 18.7 Å². The van der Waals surface area contributed by atoms with Crippen LogP contribution in [0.3, 0.4) is 0 Å². The zero-order valence-corrected chi connectivity index (χ0v) is 9.42. The lowest BCUT2D eigenvalue weighted by Gasteiger charge is -2.07. The Hall–Kier alpha value is -1.42. The van der Waals surface area contributed by atoms with Crippen molar-refractivity contribution in [3.05, 3.63) is 23.5 Å². The van der Waals surface area contributed by atoms with Gasteiger partial charge in [-0.25, -0.2) is 0 Å². The molecule has 1 rings (SSSR count). The molecule has 0 unspecified atom stereocenters. The van der Waals surface area contributed by atoms with Crippen molar-refractivity contribution in [1.82, 2.24) is 10.3 Å². The van der Waals surface area contributed by atoms with Crippen LogP contribution in [0, 0.1) is 13.8 Å². The molecule has 4 nitrogen and oxygen atoms in total. The highest BCUT2D eigenvalue weighted by Crippen LogP contribution is 2.12. The third-order valence-corrected chi connectivity index (χ3v) is 2.10. The minimum atomic E-state index is 0.0121. The van der Waals surface area contributed by atoms with Crippen molar-refractivity contribution in [3.63, 3.8) is 0 Å². The topological polar surface area (TPSA) is 54.0 Å². The summed E-state index contributed by atoms with van der Waals surface area (Å²) < 4.78 is 0. The van der Waals surface area contributed by atoms with Crippen LogP contribution in [-0.4, -0.2) is 24.5 Å². The standard InChI is InChI=1S/C11H17N3O/c1-8-4-5-10(9(2)13-8)14-11(15)6-7-12-3/h4-5,12H,6-7H2,1-3H3,(H,14,15). The van der Waals surface area contributed by atoms with Gasteiger partial charge in [0.2, 0.25) is 5.91 Å². The molecular weight excluding hydrogens is 190 g/mol. The van der Waals surface area contributed by atoms with Crippen molar-refractivity contribution < 1.29 is 4.79 Å². The maximum absolute atomic E-state index is 11.4. The molecule has 82 valence electrons. The van der Waals surface area contributed by atoms with Crippen molar-refractivity contribution in [2.75, 3.05) is 18.9 Å². The summed E-state index contributed by atoms with van der Waals surface area (Å²) >= 11 is 0. The van der Waals surface area contributed by atoms with Crippen LogP contribution in [0.25, 0.3) is 0 Å². The maximum Gasteiger partial charge on any atom is 0.225 e. The minimum absolute atomic E-state index is 0.0121. The predicted molar refractivity (Wildman–Crippen MR) is 60.9 cm³/mol. The van der Waals surface area contributed by atoms with E-state index < -0.39 is 0 Å². The molecule has 1 heterocycles. The lowest BCUT2D eigenvalue weighted by molar-refractivity contribution is -0.116. The number of aryl methyl sites for hydroxylation is 2. The third kappa shape index (κ3) is 3.67. The monoisotopic (exact) mass is 207 g/mol. The number of amides is 1. The van der Waals surface area contributed by atoms with Crippen molar-refractivity contribution in [2.45, 2.75) is 20.3 Å². The number of carbonyl (C=O) groups excluding carboxylic acids is 1. The minimum Gasteiger partial charge on any atom is -0.324 e. The van der Waals surface area contributed by atoms with Gasteiger partial charge >= 0.3 is 0 Å². The molecule has 1 aromatic rings. The summed E-state index contributed by atoms with van der Waals surface area (Å²) in [6.45, 7) is 4.50. The second-order valence-electron chi connectivity index (χ2n) is 3.49. The average Bonchev–Trinajstić information content (AvgIpc) is 2.19. The number of nitrogens with one attached hydrogen (secondary N) is 2. The van der Waals surface area contributed by atoms with E-state index in [1.54, 1.807) is 0 Å². The van der Waals surface area contributed by atoms with Crippen molar-refractivity contribution in [3.8, 4) is 0 Å². The molecule has 0 aliphatic rings. The number of hydrogen-bond donors (Lipinski definition) is 2. The Balaban J connectivity index is 2.60. The summed E-state index contributed by atoms with van der Waals surface area (Å²) in [6, 6.07) is 3.77. The van der Waals surface area contributed by atoms with Gasteiger partial charge in [0.15, 0.2) is 0 Å². The normalized spacial score (nSPS) is 10.1. The van der Waals surface area contributed by atoms with Crippen LogP contribution >= 0.6 is 0 Å². The number of nitrogens with zero attached hydrogens (tertiary/aromatic N) is 1. The van der Waals surface area contributed by atoms with Crippen LogP contribution in [0.2, 0.25) is 0 Å². The molecule has 1 aromatic heterocycles. The highest BCUT2D eigenvalue weighted by molar-refractivity contribution is 5.91. The number of pyridine rings is 1. The Morgan fingerprint density at radius 1 is 1.40 bits per heavy atom. The predicted octanol–water partition coefficient (Wildman–Crippen LogP) is 1.25. The van der Waals surface area contributed by atoms with E-state index in [0.717, 1.165) is 17.1 Å². The third-order valence-electron chi connectivity index (χ3n) is 2.10. The molecule has 0 bridgehead atoms. The molecule has 0 fully saturated rings. The van der Waals surface area contributed by atoms with Crippen molar-refractivity contribution in [2.24, 2.45) is 0 Å². The van der Waals surface area contributed by atoms with Crippen LogP contribution in [0.4, 0.5) is 5.69 Å². The van der Waals surface area contributed by atoms with Crippen molar-refractivity contribution in [1.29, 1.82) is 0 Å². The van der Waals surface area contributed by atoms with E-state index in [4.69, 9.17) is 0 Å². The molecule has 15 heavy (non-hydrogen) atoms. The number of anilines is 1. The number of aromatic nitrogens is 1. The number of rotatable bonds is 4. The average molecular weight is 207 g/mol. The highest BCUT2D eigenvalue weighted by Gasteiger charge is 2.04. The maximum atomic E-state index is 11.4. The van der Waals surface area contributed by atoms with Crippen LogP contribution in [-0.2, 0) is 4.79 Å². The van der Waals surface area contributed by atoms with Crippen LogP contribution < -0.4 is 10.6 Å². The van der Waals surface area contributed by atoms with E-state index in [0.29, 0.717) is 13.0 Å². The zero-order valence-electron chi connectivity index (χ0n) is 9.42. The Labute approximate surface area is 90.1 Å². The summed E-state index contributed by atoms with van der Waals surface area (Å²) in [5.74, 6) is 0.0121. The molecule has 0 saturated heterocycles. The largest absolute Gasteiger partial charge is 0.324 e. The molecule has 2 N–H and O–H groups in total. The molecule has 0 aromatic carbocycles. The number of carbonyl (C=O) groups is 1. The van der Waals surface area contributed by atoms with Crippen LogP contribution in [0.5, 0.6) is 0 Å². The second kappa shape index (κ2) is 5.46. The molecule has 0 aliphatic carbocycles. The fourth-order valence-corrected chi connectivity index (χ4v) is 1.27. The molecule has 0 radical (unpaired) electrons. The van der Waals surface area contributed by atoms with E-state index in [9.17, 15) is 4.79 Å². The lowest BCUT2D eigenvalue weighted by Crippen LogP contribution is -2.19. The van der Waals surface area contributed by atoms with Gasteiger partial charge in [0.05, 0.1) is 11.4 Å². The fraction of sp³-hybridized carbons (Fsp3) is 0.455. The summed E-state index contributed by atoms with van der Waals surface area (Å²) in [4.78, 5) is 15.7. The van der Waals surface area contributed by atoms with E-state index in [1.807, 2.05) is 33.0 Å². The first-order chi connectivity index (χ1) is 7.13. The molecule has 0 saturated carbocycles. The summed E-state index contributed by atoms with van der Waals surface area (Å²) in [5, 5.41) is 5.76. The van der Waals surface area contributed by atoms with Gasteiger partial charge in [0.1, 0.15) is 0 Å². The Kier molecular flexibility index (Phi) is 4.24. The second-order valence-corrected chi connectivity index (χ2v) is 3.49. The van der Waals surface area contributed by atoms with Gasteiger partial charge in [-0.05, 0) is 33.0 Å². The summed E-state index contributed by atoms with van der Waals surface area (Å²) in [7, 11) is 1.83. The quantitative estimate of drug-likeness (QED) is 0.781. The van der Waals surface area contributed by atoms with Gasteiger partial charge in [-0.1, -0.05) is 0 Å². The summed E-state index contributed by atoms with van der Waals surface area (Å²) in [5.41, 5.74) is 2.61. The van der Waals surface area contributed by atoms with Gasteiger partial charge in [0.25, 0.3) is 0 Å². The van der Waals surface area contributed by atoms with Gasteiger partial charge < -0.3 is 10.6 Å². The van der Waals surface area contributed by atoms with E-state index in [-0.39, 0.29) is 5.91 Å². The van der Waals surface area contributed by atoms with Gasteiger partial charge in [-0.2, -0.15) is 0 Å². The van der Waals surface area contributed by atoms with Crippen LogP contribution in [0.15, 0.2) is 12.1 Å². The first-order valence-corrected chi connectivity index (χ1v) is 5.02. The zero-order chi connectivity index (χ0) is 11.3. The van der Waals surface area contributed by atoms with E-state index in [2.05, 4.69) is 15.6 Å². The first kappa shape index (κ1) is 11.7. The van der Waals surface area contributed by atoms with Gasteiger partial charge in [-0.3, -0.25) is 9.78 Å². The van der Waals surface area contributed by atoms with Gasteiger partial charge in [-0.15, -0.1) is 0 Å². The van der Waals surface area contributed by atoms with E-state index >= 15 is 0 Å². The molecule has 0 aliphatic heterocycles. The Morgan fingerprint density at radius 3 is 2.73 bits per heavy atom. The van der Waals surface area contributed by atoms with Crippen molar-refractivity contribution >= 4 is 11.6 Å². The Morgan fingerprint density at radius 2 is 2.13 bits per heavy atom. The first-order valence-electron chi connectivity index (χ1n) is 5.02. The SMILES string of the molecule is CNCCC(=O)Nc1ccc(C)nc1C.